The Morgan fingerprint density at radius 2 is 2.07 bits per heavy atom. The van der Waals surface area contributed by atoms with Crippen molar-refractivity contribution in [3.8, 4) is 11.8 Å². The van der Waals surface area contributed by atoms with Gasteiger partial charge in [-0.25, -0.2) is 9.59 Å². The van der Waals surface area contributed by atoms with E-state index in [9.17, 15) is 9.59 Å². The Bertz CT molecular complexity index is 282. The molecule has 6 nitrogen and oxygen atoms in total. The standard InChI is InChI=1S/C8H8O6/c9-3-4-12-6(10)1-2-7(11)14-8-5-13-8/h8-9H,3-5H2. The van der Waals surface area contributed by atoms with E-state index >= 15 is 0 Å². The van der Waals surface area contributed by atoms with Crippen molar-refractivity contribution < 1.29 is 28.9 Å². The molecule has 0 aromatic heterocycles. The Kier molecular flexibility index (Phi) is 3.91. The highest BCUT2D eigenvalue weighted by molar-refractivity contribution is 5.98. The first-order valence-corrected chi connectivity index (χ1v) is 3.84. The summed E-state index contributed by atoms with van der Waals surface area (Å²) in [6.07, 6.45) is -0.523. The maximum absolute atomic E-state index is 10.7. The first-order valence-electron chi connectivity index (χ1n) is 3.84. The third-order valence-corrected chi connectivity index (χ3v) is 1.13. The zero-order valence-electron chi connectivity index (χ0n) is 7.19. The summed E-state index contributed by atoms with van der Waals surface area (Å²) in [6.45, 7) is -0.0650. The minimum Gasteiger partial charge on any atom is -0.454 e. The van der Waals surface area contributed by atoms with Gasteiger partial charge in [-0.15, -0.1) is 0 Å². The number of aliphatic hydroxyl groups excluding tert-OH is 1. The van der Waals surface area contributed by atoms with Crippen LogP contribution in [0.15, 0.2) is 0 Å². The summed E-state index contributed by atoms with van der Waals surface area (Å²) in [6, 6.07) is 0. The molecule has 0 saturated carbocycles. The molecule has 6 heteroatoms. The van der Waals surface area contributed by atoms with Gasteiger partial charge in [-0.2, -0.15) is 0 Å². The van der Waals surface area contributed by atoms with Gasteiger partial charge in [0.2, 0.25) is 6.29 Å². The second-order valence-electron chi connectivity index (χ2n) is 2.28. The summed E-state index contributed by atoms with van der Waals surface area (Å²) < 4.78 is 13.5. The summed E-state index contributed by atoms with van der Waals surface area (Å²) in [5, 5.41) is 8.29. The summed E-state index contributed by atoms with van der Waals surface area (Å²) in [5.74, 6) is 2.09. The van der Waals surface area contributed by atoms with Gasteiger partial charge >= 0.3 is 11.9 Å². The van der Waals surface area contributed by atoms with Crippen molar-refractivity contribution in [1.29, 1.82) is 0 Å². The van der Waals surface area contributed by atoms with E-state index in [-0.39, 0.29) is 13.2 Å². The zero-order valence-corrected chi connectivity index (χ0v) is 7.19. The first-order chi connectivity index (χ1) is 6.72. The number of rotatable bonds is 3. The van der Waals surface area contributed by atoms with Crippen LogP contribution in [0, 0.1) is 11.8 Å². The van der Waals surface area contributed by atoms with Crippen LogP contribution in [0.2, 0.25) is 0 Å². The molecule has 1 saturated heterocycles. The molecule has 0 amide bonds. The minimum absolute atomic E-state index is 0.145. The van der Waals surface area contributed by atoms with Crippen LogP contribution in [-0.2, 0) is 23.8 Å². The molecule has 1 aliphatic heterocycles. The van der Waals surface area contributed by atoms with Crippen LogP contribution in [0.1, 0.15) is 0 Å². The molecule has 1 heterocycles. The fraction of sp³-hybridized carbons (Fsp3) is 0.500. The Balaban J connectivity index is 2.22. The van der Waals surface area contributed by atoms with E-state index < -0.39 is 18.2 Å². The molecule has 0 aliphatic carbocycles. The summed E-state index contributed by atoms with van der Waals surface area (Å²) in [7, 11) is 0. The topological polar surface area (TPSA) is 85.4 Å². The maximum atomic E-state index is 10.7. The number of carbonyl (C=O) groups excluding carboxylic acids is 2. The van der Waals surface area contributed by atoms with Crippen LogP contribution in [0.4, 0.5) is 0 Å². The first kappa shape index (κ1) is 10.5. The second-order valence-corrected chi connectivity index (χ2v) is 2.28. The van der Waals surface area contributed by atoms with Gasteiger partial charge in [-0.1, -0.05) is 0 Å². The van der Waals surface area contributed by atoms with Crippen molar-refractivity contribution in [2.24, 2.45) is 0 Å². The summed E-state index contributed by atoms with van der Waals surface area (Å²) >= 11 is 0. The van der Waals surface area contributed by atoms with Crippen LogP contribution in [0.5, 0.6) is 0 Å². The third kappa shape index (κ3) is 4.45. The Hall–Kier alpha value is -1.58. The lowest BCUT2D eigenvalue weighted by Crippen LogP contribution is -2.08. The maximum Gasteiger partial charge on any atom is 0.387 e. The van der Waals surface area contributed by atoms with E-state index in [0.29, 0.717) is 6.61 Å². The van der Waals surface area contributed by atoms with Gasteiger partial charge in [0.15, 0.2) is 0 Å². The Labute approximate surface area is 79.7 Å². The molecule has 1 rings (SSSR count). The van der Waals surface area contributed by atoms with Gasteiger partial charge in [0.1, 0.15) is 13.2 Å². The molecule has 14 heavy (non-hydrogen) atoms. The van der Waals surface area contributed by atoms with Crippen molar-refractivity contribution in [3.05, 3.63) is 0 Å². The molecule has 76 valence electrons. The summed E-state index contributed by atoms with van der Waals surface area (Å²) in [5.41, 5.74) is 0. The van der Waals surface area contributed by atoms with Gasteiger partial charge in [0.05, 0.1) is 6.61 Å². The molecule has 1 unspecified atom stereocenters. The third-order valence-electron chi connectivity index (χ3n) is 1.13. The van der Waals surface area contributed by atoms with Crippen molar-refractivity contribution in [2.75, 3.05) is 19.8 Å². The summed E-state index contributed by atoms with van der Waals surface area (Å²) in [4.78, 5) is 21.4. The highest BCUT2D eigenvalue weighted by atomic mass is 16.8. The van der Waals surface area contributed by atoms with Crippen LogP contribution in [-0.4, -0.2) is 43.2 Å². The van der Waals surface area contributed by atoms with E-state index in [4.69, 9.17) is 5.11 Å². The number of ether oxygens (including phenoxy) is 3. The predicted molar refractivity (Wildman–Crippen MR) is 41.7 cm³/mol. The van der Waals surface area contributed by atoms with E-state index in [1.807, 2.05) is 11.8 Å². The molecular formula is C8H8O6. The molecule has 1 atom stereocenters. The van der Waals surface area contributed by atoms with E-state index in [2.05, 4.69) is 14.2 Å². The van der Waals surface area contributed by atoms with Crippen molar-refractivity contribution in [3.63, 3.8) is 0 Å². The minimum atomic E-state index is -0.882. The normalized spacial score (nSPS) is 17.6. The largest absolute Gasteiger partial charge is 0.454 e. The zero-order chi connectivity index (χ0) is 10.4. The molecule has 1 N–H and O–H groups in total. The molecule has 0 spiro atoms. The lowest BCUT2D eigenvalue weighted by atomic mass is 10.5. The number of carbonyl (C=O) groups is 2. The number of hydrogen-bond acceptors (Lipinski definition) is 6. The number of aliphatic hydroxyl groups is 1. The highest BCUT2D eigenvalue weighted by Gasteiger charge is 2.26. The molecule has 0 aromatic carbocycles. The molecule has 0 bridgehead atoms. The van der Waals surface area contributed by atoms with Gasteiger partial charge in [0, 0.05) is 11.8 Å². The molecule has 0 aromatic rings. The van der Waals surface area contributed by atoms with Gasteiger partial charge in [-0.05, 0) is 0 Å². The van der Waals surface area contributed by atoms with Gasteiger partial charge in [0.25, 0.3) is 0 Å². The van der Waals surface area contributed by atoms with E-state index in [1.165, 1.54) is 0 Å². The van der Waals surface area contributed by atoms with Gasteiger partial charge in [-0.3, -0.25) is 0 Å². The van der Waals surface area contributed by atoms with Crippen molar-refractivity contribution in [2.45, 2.75) is 6.29 Å². The Morgan fingerprint density at radius 1 is 1.43 bits per heavy atom. The smallest absolute Gasteiger partial charge is 0.387 e. The average molecular weight is 200 g/mol. The van der Waals surface area contributed by atoms with Crippen LogP contribution >= 0.6 is 0 Å². The van der Waals surface area contributed by atoms with Crippen LogP contribution in [0.3, 0.4) is 0 Å². The highest BCUT2D eigenvalue weighted by Crippen LogP contribution is 2.09. The van der Waals surface area contributed by atoms with Crippen molar-refractivity contribution >= 4 is 11.9 Å². The number of esters is 2. The quantitative estimate of drug-likeness (QED) is 0.256. The SMILES string of the molecule is O=C(C#CC(=O)OC1CO1)OCCO. The lowest BCUT2D eigenvalue weighted by molar-refractivity contribution is -0.142. The fourth-order valence-electron chi connectivity index (χ4n) is 0.533. The average Bonchev–Trinajstić information content (AvgIpc) is 2.95. The number of epoxide rings is 1. The predicted octanol–water partition coefficient (Wildman–Crippen LogP) is -1.58. The molecule has 1 aliphatic rings. The van der Waals surface area contributed by atoms with Crippen LogP contribution < -0.4 is 0 Å². The molecular weight excluding hydrogens is 192 g/mol. The van der Waals surface area contributed by atoms with Crippen molar-refractivity contribution in [1.82, 2.24) is 0 Å². The molecule has 1 fully saturated rings. The Morgan fingerprint density at radius 3 is 2.64 bits per heavy atom. The monoisotopic (exact) mass is 200 g/mol. The van der Waals surface area contributed by atoms with Crippen LogP contribution in [0.25, 0.3) is 0 Å². The van der Waals surface area contributed by atoms with E-state index in [1.54, 1.807) is 0 Å². The molecule has 0 radical (unpaired) electrons. The lowest BCUT2D eigenvalue weighted by Gasteiger charge is -1.94. The van der Waals surface area contributed by atoms with Gasteiger partial charge < -0.3 is 19.3 Å². The second kappa shape index (κ2) is 5.21. The fourth-order valence-corrected chi connectivity index (χ4v) is 0.533. The van der Waals surface area contributed by atoms with E-state index in [0.717, 1.165) is 0 Å². The number of hydrogen-bond donors (Lipinski definition) is 1.